The van der Waals surface area contributed by atoms with Crippen LogP contribution in [-0.2, 0) is 161 Å². The largest absolute Gasteiger partial charge is 0.465 e. The number of ketones is 1. The molecule has 0 spiro atoms. The second-order valence-corrected chi connectivity index (χ2v) is 31.0. The highest BCUT2D eigenvalue weighted by Gasteiger charge is 2.35. The second kappa shape index (κ2) is 81.5. The van der Waals surface area contributed by atoms with E-state index in [1.54, 1.807) is 48.7 Å². The van der Waals surface area contributed by atoms with Crippen molar-refractivity contribution in [2.45, 2.75) is 116 Å². The summed E-state index contributed by atoms with van der Waals surface area (Å²) >= 11 is 0. The first-order valence-corrected chi connectivity index (χ1v) is 45.3. The first kappa shape index (κ1) is 117. The molecule has 0 unspecified atom stereocenters. The number of carbonyl (C=O) groups excluding carboxylic acids is 7. The molecule has 0 aliphatic heterocycles. The van der Waals surface area contributed by atoms with E-state index >= 15 is 0 Å². The van der Waals surface area contributed by atoms with E-state index in [9.17, 15) is 38.7 Å². The van der Waals surface area contributed by atoms with Crippen LogP contribution in [0.15, 0.2) is 48.5 Å². The van der Waals surface area contributed by atoms with Crippen molar-refractivity contribution in [3.8, 4) is 11.1 Å². The molecule has 1 aliphatic rings. The number of carbonyl (C=O) groups is 7. The van der Waals surface area contributed by atoms with Crippen molar-refractivity contribution in [3.63, 3.8) is 0 Å². The molecule has 38 heteroatoms. The number of Topliss-reactive ketones (excluding diaryl/α,β-unsaturated/α-hetero) is 1. The lowest BCUT2D eigenvalue weighted by Gasteiger charge is -2.25. The van der Waals surface area contributed by atoms with Crippen LogP contribution in [0, 0.1) is 11.8 Å². The monoisotopic (exact) mass is 1850 g/mol. The van der Waals surface area contributed by atoms with E-state index in [0.717, 1.165) is 22.3 Å². The Hall–Kier alpha value is -6.07. The molecule has 0 bridgehead atoms. The summed E-state index contributed by atoms with van der Waals surface area (Å²) in [5, 5.41) is 17.4. The van der Waals surface area contributed by atoms with Gasteiger partial charge in [0, 0.05) is 63.6 Å². The maximum Gasteiger partial charge on any atom is 0.306 e. The summed E-state index contributed by atoms with van der Waals surface area (Å²) < 4.78 is 149. The van der Waals surface area contributed by atoms with E-state index in [1.807, 2.05) is 48.5 Å². The van der Waals surface area contributed by atoms with Gasteiger partial charge in [-0.25, -0.2) is 0 Å². The summed E-state index contributed by atoms with van der Waals surface area (Å²) in [6.45, 7) is 30.5. The fourth-order valence-corrected chi connectivity index (χ4v) is 11.9. The van der Waals surface area contributed by atoms with Gasteiger partial charge in [-0.2, -0.15) is 0 Å². The van der Waals surface area contributed by atoms with Crippen LogP contribution >= 0.6 is 0 Å². The van der Waals surface area contributed by atoms with Crippen LogP contribution in [0.2, 0.25) is 0 Å². The van der Waals surface area contributed by atoms with Gasteiger partial charge in [-0.15, -0.1) is 0 Å². The molecule has 3 atom stereocenters. The van der Waals surface area contributed by atoms with E-state index in [-0.39, 0.29) is 90.6 Å². The predicted octanol–water partition coefficient (Wildman–Crippen LogP) is 4.69. The Labute approximate surface area is 763 Å². The normalized spacial score (nSPS) is 12.8. The highest BCUT2D eigenvalue weighted by Crippen LogP contribution is 2.44. The summed E-state index contributed by atoms with van der Waals surface area (Å²) in [6, 6.07) is 14.3. The Kier molecular flexibility index (Phi) is 74.0. The molecule has 0 heterocycles. The summed E-state index contributed by atoms with van der Waals surface area (Å²) in [5.41, 5.74) is 2.33. The molecule has 3 amide bonds. The molecule has 0 fully saturated rings. The molecule has 2 aromatic carbocycles. The van der Waals surface area contributed by atoms with Gasteiger partial charge in [0.25, 0.3) is 0 Å². The molecule has 4 N–H and O–H groups in total. The maximum atomic E-state index is 14.5. The Bertz CT molecular complexity index is 3030. The average molecular weight is 1850 g/mol. The highest BCUT2D eigenvalue weighted by molar-refractivity contribution is 5.94. The van der Waals surface area contributed by atoms with Gasteiger partial charge in [0.15, 0.2) is 5.78 Å². The van der Waals surface area contributed by atoms with Gasteiger partial charge in [0.1, 0.15) is 17.8 Å². The summed E-state index contributed by atoms with van der Waals surface area (Å²) in [4.78, 5) is 95.5. The molecule has 38 nitrogen and oxygen atoms in total. The van der Waals surface area contributed by atoms with Crippen molar-refractivity contribution in [2.75, 3.05) is 344 Å². The van der Waals surface area contributed by atoms with Crippen molar-refractivity contribution in [1.82, 2.24) is 16.0 Å². The number of methoxy groups -OCH3 is 1. The van der Waals surface area contributed by atoms with Gasteiger partial charge >= 0.3 is 17.9 Å². The third kappa shape index (κ3) is 68.6. The molecule has 3 rings (SSSR count). The van der Waals surface area contributed by atoms with Crippen LogP contribution in [0.1, 0.15) is 110 Å². The van der Waals surface area contributed by atoms with Gasteiger partial charge in [0.2, 0.25) is 17.7 Å². The number of fused-ring (bicyclic) bond motifs is 3. The van der Waals surface area contributed by atoms with Gasteiger partial charge in [-0.3, -0.25) is 33.6 Å². The third-order valence-electron chi connectivity index (χ3n) is 18.2. The van der Waals surface area contributed by atoms with E-state index in [4.69, 9.17) is 128 Å². The molecule has 0 saturated heterocycles. The lowest BCUT2D eigenvalue weighted by Crippen LogP contribution is -2.46. The number of ether oxygens (including phenoxy) is 27. The van der Waals surface area contributed by atoms with Gasteiger partial charge in [-0.1, -0.05) is 48.5 Å². The Morgan fingerprint density at radius 2 is 0.589 bits per heavy atom. The van der Waals surface area contributed by atoms with Crippen LogP contribution in [-0.4, -0.2) is 408 Å². The Morgan fingerprint density at radius 1 is 0.318 bits per heavy atom. The molecule has 0 radical (unpaired) electrons. The fourth-order valence-electron chi connectivity index (χ4n) is 11.9. The van der Waals surface area contributed by atoms with Crippen LogP contribution in [0.3, 0.4) is 0 Å². The summed E-state index contributed by atoms with van der Waals surface area (Å²) in [6.07, 6.45) is -2.16. The summed E-state index contributed by atoms with van der Waals surface area (Å²) in [7, 11) is 1.64. The zero-order valence-electron chi connectivity index (χ0n) is 78.0. The number of nitrogens with one attached hydrogen (secondary N) is 3. The van der Waals surface area contributed by atoms with E-state index in [2.05, 4.69) is 16.0 Å². The zero-order chi connectivity index (χ0) is 93.2. The number of esters is 3. The third-order valence-corrected chi connectivity index (χ3v) is 18.2. The van der Waals surface area contributed by atoms with Gasteiger partial charge in [-0.05, 0) is 83.1 Å². The number of amides is 3. The van der Waals surface area contributed by atoms with Crippen molar-refractivity contribution < 1.29 is 167 Å². The van der Waals surface area contributed by atoms with Crippen LogP contribution in [0.4, 0.5) is 0 Å². The molecule has 1 aliphatic carbocycles. The van der Waals surface area contributed by atoms with Crippen molar-refractivity contribution in [1.29, 1.82) is 0 Å². The minimum absolute atomic E-state index is 0.0186. The lowest BCUT2D eigenvalue weighted by molar-refractivity contribution is -0.157. The smallest absolute Gasteiger partial charge is 0.306 e. The first-order chi connectivity index (χ1) is 62.8. The minimum Gasteiger partial charge on any atom is -0.465 e. The van der Waals surface area contributed by atoms with Crippen molar-refractivity contribution >= 4 is 41.4 Å². The predicted molar refractivity (Wildman–Crippen MR) is 471 cm³/mol. The molecule has 0 saturated carbocycles. The second-order valence-electron chi connectivity index (χ2n) is 31.0. The lowest BCUT2D eigenvalue weighted by atomic mass is 9.90. The number of rotatable bonds is 93. The van der Waals surface area contributed by atoms with E-state index in [0.29, 0.717) is 291 Å². The first-order valence-electron chi connectivity index (χ1n) is 45.3. The standard InChI is InChI=1S/C91H155N3O35/c1-90(2,3)128-85(98)20-17-76(73-87(100)127-74-81-79-14-10-8-12-77(79)78-13-9-11-15-80(78)81)89(102)94-82(18-21-86(99)129-91(4,5)6)83(96)72-75(16-19-84(97)92-22-24-95)88(101)93-23-25-104-28-29-106-32-33-108-36-37-110-40-41-112-44-45-114-48-49-116-52-53-118-56-57-120-60-61-122-64-65-124-68-69-126-71-70-125-67-66-123-63-62-121-59-58-119-55-54-117-51-50-115-47-46-113-43-42-111-39-38-109-35-34-107-31-30-105-27-26-103-7/h8-15,75-76,81-82,95H,16-74H2,1-7H3,(H,92,97)(H,93,101)(H,94,102)/t75-,76-,82+/m1/s1. The average Bonchev–Trinajstić information content (AvgIpc) is 1.62. The van der Waals surface area contributed by atoms with E-state index in [1.165, 1.54) is 0 Å². The number of benzene rings is 2. The van der Waals surface area contributed by atoms with E-state index < -0.39 is 83.3 Å². The topological polar surface area (TPSA) is 425 Å². The highest BCUT2D eigenvalue weighted by atomic mass is 16.6. The SMILES string of the molecule is COCCOCCOCCOCCOCCOCCOCCOCCOCCOCCOCCOCCOCCOCCOCCOCCOCCOCCOCCOCCOCCOCCOCCOCCNC(=O)[C@H](CCC(=O)NCCO)CC(=O)[C@H](CCC(=O)OC(C)(C)C)NC(=O)[C@H](CCC(=O)OC(C)(C)C)CC(=O)OCC1c2ccccc2-c2ccccc21. The van der Waals surface area contributed by atoms with Crippen LogP contribution < -0.4 is 16.0 Å². The minimum atomic E-state index is -1.37. The van der Waals surface area contributed by atoms with Crippen molar-refractivity contribution in [3.05, 3.63) is 59.7 Å². The molecular formula is C91H155N3O35. The summed E-state index contributed by atoms with van der Waals surface area (Å²) in [5.74, 6) is -6.96. The number of hydrogen-bond acceptors (Lipinski definition) is 35. The number of hydrogen-bond donors (Lipinski definition) is 4. The number of aliphatic hydroxyl groups is 1. The molecule has 2 aromatic rings. The fraction of sp³-hybridized carbons (Fsp3) is 0.791. The van der Waals surface area contributed by atoms with Gasteiger partial charge in [0.05, 0.1) is 330 Å². The van der Waals surface area contributed by atoms with Crippen molar-refractivity contribution in [2.24, 2.45) is 11.8 Å². The van der Waals surface area contributed by atoms with Crippen LogP contribution in [0.5, 0.6) is 0 Å². The number of aliphatic hydroxyl groups excluding tert-OH is 1. The quantitative estimate of drug-likeness (QED) is 0.0396. The van der Waals surface area contributed by atoms with Crippen LogP contribution in [0.25, 0.3) is 11.1 Å². The molecular weight excluding hydrogens is 1690 g/mol. The Balaban J connectivity index is 1.08. The maximum absolute atomic E-state index is 14.5. The molecule has 129 heavy (non-hydrogen) atoms. The van der Waals surface area contributed by atoms with Gasteiger partial charge < -0.3 is 149 Å². The zero-order valence-corrected chi connectivity index (χ0v) is 78.0. The molecule has 744 valence electrons. The molecule has 0 aromatic heterocycles. The Morgan fingerprint density at radius 3 is 0.884 bits per heavy atom.